The number of nitrogens with two attached hydrogens (primary N) is 1. The molecule has 0 bridgehead atoms. The molecule has 1 heterocycles. The van der Waals surface area contributed by atoms with Gasteiger partial charge in [-0.2, -0.15) is 11.8 Å². The molecule has 3 N–H and O–H groups in total. The molecule has 2 nitrogen and oxygen atoms in total. The van der Waals surface area contributed by atoms with Gasteiger partial charge < -0.3 is 10.8 Å². The van der Waals surface area contributed by atoms with Crippen molar-refractivity contribution in [3.05, 3.63) is 0 Å². The van der Waals surface area contributed by atoms with Crippen molar-refractivity contribution in [2.24, 2.45) is 16.6 Å². The lowest BCUT2D eigenvalue weighted by Crippen LogP contribution is -2.42. The third kappa shape index (κ3) is 2.86. The topological polar surface area (TPSA) is 46.2 Å². The summed E-state index contributed by atoms with van der Waals surface area (Å²) in [7, 11) is 0. The van der Waals surface area contributed by atoms with Crippen LogP contribution < -0.4 is 5.73 Å². The second kappa shape index (κ2) is 4.20. The molecule has 0 saturated carbocycles. The summed E-state index contributed by atoms with van der Waals surface area (Å²) in [5.74, 6) is 2.34. The lowest BCUT2D eigenvalue weighted by atomic mass is 9.72. The molecule has 0 spiro atoms. The number of rotatable bonds is 3. The molecule has 1 unspecified atom stereocenters. The smallest absolute Gasteiger partial charge is 0.0437 e. The van der Waals surface area contributed by atoms with E-state index in [1.54, 1.807) is 0 Å². The van der Waals surface area contributed by atoms with Crippen molar-refractivity contribution in [3.8, 4) is 0 Å². The lowest BCUT2D eigenvalue weighted by Gasteiger charge is -2.43. The van der Waals surface area contributed by atoms with Crippen LogP contribution in [0.5, 0.6) is 0 Å². The van der Waals surface area contributed by atoms with Crippen LogP contribution in [0.2, 0.25) is 0 Å². The highest BCUT2D eigenvalue weighted by Gasteiger charge is 2.38. The van der Waals surface area contributed by atoms with Crippen LogP contribution in [0.3, 0.4) is 0 Å². The molecule has 0 aromatic heterocycles. The van der Waals surface area contributed by atoms with Crippen LogP contribution in [0.25, 0.3) is 0 Å². The van der Waals surface area contributed by atoms with Gasteiger partial charge in [-0.25, -0.2) is 0 Å². The molecule has 1 atom stereocenters. The second-order valence-corrected chi connectivity index (χ2v) is 6.00. The predicted molar refractivity (Wildman–Crippen MR) is 58.9 cm³/mol. The Labute approximate surface area is 85.3 Å². The summed E-state index contributed by atoms with van der Waals surface area (Å²) in [6.07, 6.45) is 2.02. The summed E-state index contributed by atoms with van der Waals surface area (Å²) in [5, 5.41) is 9.02. The average Bonchev–Trinajstić information content (AvgIpc) is 2.03. The van der Waals surface area contributed by atoms with E-state index in [0.717, 1.165) is 18.6 Å². The zero-order valence-corrected chi connectivity index (χ0v) is 9.49. The van der Waals surface area contributed by atoms with E-state index < -0.39 is 0 Å². The Bertz CT molecular complexity index is 168. The Morgan fingerprint density at radius 2 is 2.08 bits per heavy atom. The summed E-state index contributed by atoms with van der Waals surface area (Å²) < 4.78 is 0. The molecule has 3 heteroatoms. The normalized spacial score (nSPS) is 33.2. The van der Waals surface area contributed by atoms with Crippen molar-refractivity contribution in [1.82, 2.24) is 0 Å². The minimum Gasteiger partial charge on any atom is -0.396 e. The fourth-order valence-corrected chi connectivity index (χ4v) is 3.85. The molecule has 0 aliphatic carbocycles. The maximum absolute atomic E-state index is 9.02. The first-order chi connectivity index (χ1) is 6.04. The van der Waals surface area contributed by atoms with E-state index >= 15 is 0 Å². The van der Waals surface area contributed by atoms with Crippen molar-refractivity contribution >= 4 is 11.8 Å². The van der Waals surface area contributed by atoms with E-state index in [1.165, 1.54) is 5.75 Å². The average molecular weight is 203 g/mol. The molecule has 1 aliphatic rings. The number of hydrogen-bond donors (Lipinski definition) is 2. The Balaban J connectivity index is 2.64. The van der Waals surface area contributed by atoms with Gasteiger partial charge in [-0.3, -0.25) is 0 Å². The highest BCUT2D eigenvalue weighted by atomic mass is 32.2. The van der Waals surface area contributed by atoms with Gasteiger partial charge >= 0.3 is 0 Å². The zero-order chi connectivity index (χ0) is 9.95. The van der Waals surface area contributed by atoms with Gasteiger partial charge in [-0.1, -0.05) is 13.8 Å². The Morgan fingerprint density at radius 3 is 2.54 bits per heavy atom. The SMILES string of the molecule is CC1(C)CSCC(CN)(CCO)C1. The van der Waals surface area contributed by atoms with Crippen molar-refractivity contribution in [1.29, 1.82) is 0 Å². The van der Waals surface area contributed by atoms with Crippen LogP contribution in [0, 0.1) is 10.8 Å². The van der Waals surface area contributed by atoms with Gasteiger partial charge in [0.05, 0.1) is 0 Å². The van der Waals surface area contributed by atoms with E-state index in [0.29, 0.717) is 12.0 Å². The molecule has 1 aliphatic heterocycles. The van der Waals surface area contributed by atoms with E-state index in [9.17, 15) is 0 Å². The molecule has 1 rings (SSSR count). The maximum atomic E-state index is 9.02. The van der Waals surface area contributed by atoms with E-state index in [4.69, 9.17) is 10.8 Å². The summed E-state index contributed by atoms with van der Waals surface area (Å²) in [6.45, 7) is 5.57. The molecule has 13 heavy (non-hydrogen) atoms. The summed E-state index contributed by atoms with van der Waals surface area (Å²) in [6, 6.07) is 0. The van der Waals surface area contributed by atoms with E-state index in [2.05, 4.69) is 13.8 Å². The summed E-state index contributed by atoms with van der Waals surface area (Å²) >= 11 is 1.98. The van der Waals surface area contributed by atoms with Crippen LogP contribution in [0.15, 0.2) is 0 Å². The van der Waals surface area contributed by atoms with Crippen molar-refractivity contribution < 1.29 is 5.11 Å². The van der Waals surface area contributed by atoms with Gasteiger partial charge in [0.25, 0.3) is 0 Å². The highest BCUT2D eigenvalue weighted by Crippen LogP contribution is 2.45. The maximum Gasteiger partial charge on any atom is 0.0437 e. The van der Waals surface area contributed by atoms with E-state index in [-0.39, 0.29) is 12.0 Å². The number of thioether (sulfide) groups is 1. The van der Waals surface area contributed by atoms with Crippen LogP contribution in [0.1, 0.15) is 26.7 Å². The van der Waals surface area contributed by atoms with Crippen LogP contribution in [-0.2, 0) is 0 Å². The van der Waals surface area contributed by atoms with Gasteiger partial charge in [0.1, 0.15) is 0 Å². The van der Waals surface area contributed by atoms with Crippen molar-refractivity contribution in [3.63, 3.8) is 0 Å². The predicted octanol–water partition coefficient (Wildman–Crippen LogP) is 1.48. The Kier molecular flexibility index (Phi) is 3.66. The molecule has 78 valence electrons. The first-order valence-corrected chi connectivity index (χ1v) is 6.08. The molecule has 1 fully saturated rings. The third-order valence-electron chi connectivity index (χ3n) is 2.83. The highest BCUT2D eigenvalue weighted by molar-refractivity contribution is 7.99. The fraction of sp³-hybridized carbons (Fsp3) is 1.00. The van der Waals surface area contributed by atoms with Gasteiger partial charge in [-0.15, -0.1) is 0 Å². The standard InChI is InChI=1S/C10H21NOS/c1-9(2)5-10(6-11,3-4-12)8-13-7-9/h12H,3-8,11H2,1-2H3. The lowest BCUT2D eigenvalue weighted by molar-refractivity contribution is 0.144. The molecule has 0 radical (unpaired) electrons. The zero-order valence-electron chi connectivity index (χ0n) is 8.68. The van der Waals surface area contributed by atoms with Gasteiger partial charge in [0.2, 0.25) is 0 Å². The summed E-state index contributed by atoms with van der Waals surface area (Å²) in [4.78, 5) is 0. The number of aliphatic hydroxyl groups excluding tert-OH is 1. The van der Waals surface area contributed by atoms with Crippen LogP contribution >= 0.6 is 11.8 Å². The molecule has 0 aromatic carbocycles. The van der Waals surface area contributed by atoms with Crippen LogP contribution in [0.4, 0.5) is 0 Å². The number of hydrogen-bond acceptors (Lipinski definition) is 3. The first kappa shape index (κ1) is 11.3. The van der Waals surface area contributed by atoms with E-state index in [1.807, 2.05) is 11.8 Å². The molecule has 1 saturated heterocycles. The number of aliphatic hydroxyl groups is 1. The molecular formula is C10H21NOS. The third-order valence-corrected chi connectivity index (χ3v) is 4.63. The molecular weight excluding hydrogens is 182 g/mol. The first-order valence-electron chi connectivity index (χ1n) is 4.92. The molecule has 0 aromatic rings. The quantitative estimate of drug-likeness (QED) is 0.730. The minimum atomic E-state index is 0.196. The monoisotopic (exact) mass is 203 g/mol. The summed E-state index contributed by atoms with van der Waals surface area (Å²) in [5.41, 5.74) is 6.40. The van der Waals surface area contributed by atoms with Crippen LogP contribution in [-0.4, -0.2) is 29.8 Å². The van der Waals surface area contributed by atoms with Gasteiger partial charge in [-0.05, 0) is 36.0 Å². The Hall–Kier alpha value is 0.270. The fourth-order valence-electron chi connectivity index (χ4n) is 2.29. The largest absolute Gasteiger partial charge is 0.396 e. The Morgan fingerprint density at radius 1 is 1.38 bits per heavy atom. The van der Waals surface area contributed by atoms with Crippen molar-refractivity contribution in [2.45, 2.75) is 26.7 Å². The minimum absolute atomic E-state index is 0.196. The molecule has 0 amide bonds. The second-order valence-electron chi connectivity index (χ2n) is 5.01. The van der Waals surface area contributed by atoms with Gasteiger partial charge in [0.15, 0.2) is 0 Å². The van der Waals surface area contributed by atoms with Gasteiger partial charge in [0, 0.05) is 12.4 Å². The van der Waals surface area contributed by atoms with Crippen molar-refractivity contribution in [2.75, 3.05) is 24.7 Å².